The Morgan fingerprint density at radius 1 is 0.630 bits per heavy atom. The van der Waals surface area contributed by atoms with Gasteiger partial charge in [-0.05, 0) is 89.4 Å². The standard InChI is InChI=1S/C25H31N3O4.C18H26N2O2/c1-24(2,3)32-23(30)28-17-25(18-28)15-27(16-25)21-12-8-11-20(13-21)26(4)22(29)31-14-19-9-6-5-7-10-19;1-5-14-7-6-8-15(9-14)19-10-18(11-19)12-20(13-18)16(21)22-17(2,3)4/h5-13H,14-18H2,1-4H3;6-9H,5,10-13H2,1-4H3. The molecule has 3 aromatic rings. The van der Waals surface area contributed by atoms with Crippen molar-refractivity contribution in [2.24, 2.45) is 10.8 Å². The number of likely N-dealkylation sites (tertiary alicyclic amines) is 2. The Hall–Kier alpha value is -4.93. The van der Waals surface area contributed by atoms with E-state index in [0.717, 1.165) is 75.7 Å². The second-order valence-electron chi connectivity index (χ2n) is 17.5. The summed E-state index contributed by atoms with van der Waals surface area (Å²) in [5.41, 5.74) is 5.04. The summed E-state index contributed by atoms with van der Waals surface area (Å²) < 4.78 is 16.3. The van der Waals surface area contributed by atoms with Crippen LogP contribution in [0.3, 0.4) is 0 Å². The highest BCUT2D eigenvalue weighted by molar-refractivity contribution is 5.87. The summed E-state index contributed by atoms with van der Waals surface area (Å²) in [5.74, 6) is 0. The fourth-order valence-electron chi connectivity index (χ4n) is 7.52. The van der Waals surface area contributed by atoms with E-state index in [4.69, 9.17) is 14.2 Å². The van der Waals surface area contributed by atoms with Crippen LogP contribution in [0.1, 0.15) is 59.6 Å². The van der Waals surface area contributed by atoms with Gasteiger partial charge in [-0.15, -0.1) is 0 Å². The third-order valence-electron chi connectivity index (χ3n) is 10.3. The number of aryl methyl sites for hydroxylation is 1. The molecule has 11 nitrogen and oxygen atoms in total. The fourth-order valence-corrected chi connectivity index (χ4v) is 7.52. The van der Waals surface area contributed by atoms with Crippen molar-refractivity contribution < 1.29 is 28.6 Å². The third-order valence-corrected chi connectivity index (χ3v) is 10.3. The Bertz CT molecular complexity index is 1790. The number of benzene rings is 3. The largest absolute Gasteiger partial charge is 0.444 e. The Labute approximate surface area is 320 Å². The van der Waals surface area contributed by atoms with Gasteiger partial charge in [-0.1, -0.05) is 55.5 Å². The van der Waals surface area contributed by atoms with Crippen LogP contribution in [-0.2, 0) is 27.2 Å². The maximum absolute atomic E-state index is 12.5. The molecule has 290 valence electrons. The number of rotatable bonds is 6. The summed E-state index contributed by atoms with van der Waals surface area (Å²) in [6.07, 6.45) is 0.265. The quantitative estimate of drug-likeness (QED) is 0.236. The molecule has 0 atom stereocenters. The molecule has 4 fully saturated rings. The van der Waals surface area contributed by atoms with Crippen molar-refractivity contribution >= 4 is 35.3 Å². The van der Waals surface area contributed by atoms with Crippen molar-refractivity contribution in [2.75, 3.05) is 74.1 Å². The van der Waals surface area contributed by atoms with Crippen molar-refractivity contribution in [3.8, 4) is 0 Å². The molecule has 3 amide bonds. The van der Waals surface area contributed by atoms with Gasteiger partial charge in [0.15, 0.2) is 0 Å². The first kappa shape index (κ1) is 38.8. The lowest BCUT2D eigenvalue weighted by Crippen LogP contribution is -2.73. The molecule has 0 N–H and O–H groups in total. The lowest BCUT2D eigenvalue weighted by molar-refractivity contribution is -0.0456. The lowest BCUT2D eigenvalue weighted by atomic mass is 9.73. The van der Waals surface area contributed by atoms with Gasteiger partial charge < -0.3 is 33.8 Å². The molecule has 4 saturated heterocycles. The van der Waals surface area contributed by atoms with E-state index in [9.17, 15) is 14.4 Å². The number of anilines is 3. The first-order valence-corrected chi connectivity index (χ1v) is 19.0. The van der Waals surface area contributed by atoms with Gasteiger partial charge >= 0.3 is 18.3 Å². The zero-order chi connectivity index (χ0) is 38.9. The molecular formula is C43H57N5O6. The molecule has 0 radical (unpaired) electrons. The highest BCUT2D eigenvalue weighted by Crippen LogP contribution is 2.44. The van der Waals surface area contributed by atoms with Crippen LogP contribution in [0.5, 0.6) is 0 Å². The molecular weight excluding hydrogens is 683 g/mol. The van der Waals surface area contributed by atoms with Crippen LogP contribution in [0.15, 0.2) is 78.9 Å². The Kier molecular flexibility index (Phi) is 10.8. The zero-order valence-electron chi connectivity index (χ0n) is 33.3. The highest BCUT2D eigenvalue weighted by Gasteiger charge is 2.55. The molecule has 7 rings (SSSR count). The topological polar surface area (TPSA) is 95.1 Å². The Morgan fingerprint density at radius 2 is 1.09 bits per heavy atom. The van der Waals surface area contributed by atoms with Crippen LogP contribution in [0, 0.1) is 10.8 Å². The van der Waals surface area contributed by atoms with Crippen molar-refractivity contribution in [3.05, 3.63) is 90.0 Å². The number of amides is 3. The number of hydrogen-bond donors (Lipinski definition) is 0. The number of hydrogen-bond acceptors (Lipinski definition) is 8. The molecule has 2 spiro atoms. The minimum atomic E-state index is -0.472. The fraction of sp³-hybridized carbons (Fsp3) is 0.512. The van der Waals surface area contributed by atoms with Gasteiger partial charge in [-0.2, -0.15) is 0 Å². The first-order chi connectivity index (χ1) is 25.4. The number of nitrogens with zero attached hydrogens (tertiary/aromatic N) is 5. The van der Waals surface area contributed by atoms with E-state index < -0.39 is 17.3 Å². The maximum Gasteiger partial charge on any atom is 0.414 e. The molecule has 0 saturated carbocycles. The summed E-state index contributed by atoms with van der Waals surface area (Å²) >= 11 is 0. The van der Waals surface area contributed by atoms with Crippen LogP contribution in [0.25, 0.3) is 0 Å². The van der Waals surface area contributed by atoms with Crippen LogP contribution in [0.2, 0.25) is 0 Å². The maximum atomic E-state index is 12.5. The van der Waals surface area contributed by atoms with Crippen molar-refractivity contribution in [3.63, 3.8) is 0 Å². The van der Waals surface area contributed by atoms with E-state index >= 15 is 0 Å². The molecule has 4 aliphatic heterocycles. The summed E-state index contributed by atoms with van der Waals surface area (Å²) in [6, 6.07) is 26.3. The van der Waals surface area contributed by atoms with Gasteiger partial charge in [0.1, 0.15) is 17.8 Å². The lowest BCUT2D eigenvalue weighted by Gasteiger charge is -2.60. The van der Waals surface area contributed by atoms with Gasteiger partial charge in [-0.25, -0.2) is 14.4 Å². The summed E-state index contributed by atoms with van der Waals surface area (Å²) in [4.78, 5) is 46.5. The molecule has 4 aliphatic rings. The molecule has 0 unspecified atom stereocenters. The number of ether oxygens (including phenoxy) is 3. The van der Waals surface area contributed by atoms with E-state index in [1.54, 1.807) is 11.9 Å². The molecule has 0 aromatic heterocycles. The Morgan fingerprint density at radius 3 is 1.57 bits per heavy atom. The third kappa shape index (κ3) is 9.22. The summed E-state index contributed by atoms with van der Waals surface area (Å²) in [7, 11) is 1.72. The molecule has 3 aromatic carbocycles. The Balaban J connectivity index is 0.000000197. The zero-order valence-corrected chi connectivity index (χ0v) is 33.3. The molecule has 11 heteroatoms. The molecule has 0 bridgehead atoms. The normalized spacial score (nSPS) is 17.9. The van der Waals surface area contributed by atoms with Gasteiger partial charge in [-0.3, -0.25) is 4.90 Å². The monoisotopic (exact) mass is 739 g/mol. The summed E-state index contributed by atoms with van der Waals surface area (Å²) in [5, 5.41) is 0. The molecule has 54 heavy (non-hydrogen) atoms. The van der Waals surface area contributed by atoms with E-state index in [1.165, 1.54) is 16.2 Å². The average molecular weight is 740 g/mol. The predicted octanol–water partition coefficient (Wildman–Crippen LogP) is 7.82. The predicted molar refractivity (Wildman–Crippen MR) is 212 cm³/mol. The van der Waals surface area contributed by atoms with E-state index in [-0.39, 0.29) is 24.2 Å². The minimum Gasteiger partial charge on any atom is -0.444 e. The van der Waals surface area contributed by atoms with E-state index in [0.29, 0.717) is 5.41 Å². The van der Waals surface area contributed by atoms with Gasteiger partial charge in [0.2, 0.25) is 0 Å². The second-order valence-corrected chi connectivity index (χ2v) is 17.5. The number of carbonyl (C=O) groups excluding carboxylic acids is 3. The minimum absolute atomic E-state index is 0.146. The SMILES string of the molecule is CCc1cccc(N2CC3(CN(C(=O)OC(C)(C)C)C3)C2)c1.CN(C(=O)OCc1ccccc1)c1cccc(N2CC3(CN(C(=O)OC(C)(C)C)C3)C2)c1. The smallest absolute Gasteiger partial charge is 0.414 e. The van der Waals surface area contributed by atoms with Gasteiger partial charge in [0.25, 0.3) is 0 Å². The van der Waals surface area contributed by atoms with E-state index in [2.05, 4.69) is 41.0 Å². The van der Waals surface area contributed by atoms with Crippen molar-refractivity contribution in [1.29, 1.82) is 0 Å². The van der Waals surface area contributed by atoms with Crippen LogP contribution in [0.4, 0.5) is 31.4 Å². The molecule has 4 heterocycles. The summed E-state index contributed by atoms with van der Waals surface area (Å²) in [6.45, 7) is 20.8. The average Bonchev–Trinajstić information content (AvgIpc) is 3.04. The van der Waals surface area contributed by atoms with E-state index in [1.807, 2.05) is 101 Å². The van der Waals surface area contributed by atoms with Crippen molar-refractivity contribution in [1.82, 2.24) is 9.80 Å². The van der Waals surface area contributed by atoms with Crippen molar-refractivity contribution in [2.45, 2.75) is 72.7 Å². The molecule has 0 aliphatic carbocycles. The van der Waals surface area contributed by atoms with Crippen LogP contribution in [-0.4, -0.2) is 98.7 Å². The highest BCUT2D eigenvalue weighted by atomic mass is 16.6. The first-order valence-electron chi connectivity index (χ1n) is 19.0. The van der Waals surface area contributed by atoms with Crippen LogP contribution < -0.4 is 14.7 Å². The van der Waals surface area contributed by atoms with Gasteiger partial charge in [0.05, 0.1) is 0 Å². The van der Waals surface area contributed by atoms with Crippen LogP contribution >= 0.6 is 0 Å². The van der Waals surface area contributed by atoms with Gasteiger partial charge in [0, 0.05) is 87.3 Å². The second kappa shape index (κ2) is 15.1. The number of carbonyl (C=O) groups is 3.